The van der Waals surface area contributed by atoms with Crippen LogP contribution in [0.5, 0.6) is 5.75 Å². The quantitative estimate of drug-likeness (QED) is 0.561. The van der Waals surface area contributed by atoms with E-state index >= 15 is 0 Å². The number of hydrogen-bond acceptors (Lipinski definition) is 3. The van der Waals surface area contributed by atoms with Gasteiger partial charge in [0.25, 0.3) is 5.91 Å². The molecule has 0 unspecified atom stereocenters. The highest BCUT2D eigenvalue weighted by Gasteiger charge is 2.33. The first-order valence-electron chi connectivity index (χ1n) is 10.7. The highest BCUT2D eigenvalue weighted by Crippen LogP contribution is 2.36. The molecule has 4 nitrogen and oxygen atoms in total. The minimum Gasteiger partial charge on any atom is -0.489 e. The monoisotopic (exact) mass is 446 g/mol. The normalized spacial score (nSPS) is 21.3. The first kappa shape index (κ1) is 21.5. The lowest BCUT2D eigenvalue weighted by Crippen LogP contribution is -2.42. The van der Waals surface area contributed by atoms with Gasteiger partial charge in [-0.15, -0.1) is 0 Å². The first-order valence-corrected chi connectivity index (χ1v) is 11.4. The fraction of sp³-hybridized carbons (Fsp3) is 0.458. The van der Waals surface area contributed by atoms with Crippen molar-refractivity contribution < 1.29 is 9.53 Å². The maximum atomic E-state index is 12.6. The first-order chi connectivity index (χ1) is 14.5. The van der Waals surface area contributed by atoms with Crippen LogP contribution in [0.3, 0.4) is 0 Å². The molecule has 0 bridgehead atoms. The number of hydrogen-bond donors (Lipinski definition) is 0. The Morgan fingerprint density at radius 1 is 1.10 bits per heavy atom. The van der Waals surface area contributed by atoms with E-state index in [0.717, 1.165) is 48.8 Å². The van der Waals surface area contributed by atoms with Crippen LogP contribution >= 0.6 is 23.2 Å². The lowest BCUT2D eigenvalue weighted by molar-refractivity contribution is 0.0419. The van der Waals surface area contributed by atoms with Crippen molar-refractivity contribution in [2.45, 2.75) is 38.3 Å². The van der Waals surface area contributed by atoms with Gasteiger partial charge in [0.05, 0.1) is 21.7 Å². The van der Waals surface area contributed by atoms with E-state index in [1.165, 1.54) is 12.8 Å². The number of carbonyl (C=O) groups excluding carboxylic acids is 1. The van der Waals surface area contributed by atoms with Crippen molar-refractivity contribution in [3.05, 3.63) is 63.6 Å². The Balaban J connectivity index is 1.28. The standard InChI is InChI=1S/C24H28Cl2N2O2/c1-27(24(29)20-8-2-3-9-21(20)25)15-17-13-19(14-17)30-22-10-6-7-18(23(22)26)16-28-11-4-5-12-28/h2-3,6-10,17,19H,4-5,11-16H2,1H3. The van der Waals surface area contributed by atoms with E-state index in [1.807, 2.05) is 31.3 Å². The van der Waals surface area contributed by atoms with Crippen LogP contribution in [0.25, 0.3) is 0 Å². The third-order valence-electron chi connectivity index (χ3n) is 6.11. The minimum atomic E-state index is -0.0392. The Morgan fingerprint density at radius 2 is 1.83 bits per heavy atom. The number of amides is 1. The number of ether oxygens (including phenoxy) is 1. The summed E-state index contributed by atoms with van der Waals surface area (Å²) in [5, 5.41) is 1.23. The summed E-state index contributed by atoms with van der Waals surface area (Å²) in [6.45, 7) is 3.88. The molecule has 2 fully saturated rings. The fourth-order valence-electron chi connectivity index (χ4n) is 4.36. The van der Waals surface area contributed by atoms with E-state index in [4.69, 9.17) is 27.9 Å². The molecule has 1 heterocycles. The zero-order chi connectivity index (χ0) is 21.1. The van der Waals surface area contributed by atoms with Crippen LogP contribution in [-0.4, -0.2) is 48.5 Å². The summed E-state index contributed by atoms with van der Waals surface area (Å²) >= 11 is 12.8. The van der Waals surface area contributed by atoms with Crippen LogP contribution in [0.2, 0.25) is 10.0 Å². The summed E-state index contributed by atoms with van der Waals surface area (Å²) < 4.78 is 6.19. The molecule has 2 aliphatic rings. The maximum Gasteiger partial charge on any atom is 0.255 e. The number of rotatable bonds is 7. The van der Waals surface area contributed by atoms with Crippen molar-refractivity contribution in [2.24, 2.45) is 5.92 Å². The van der Waals surface area contributed by atoms with Gasteiger partial charge in [0.1, 0.15) is 5.75 Å². The van der Waals surface area contributed by atoms with E-state index in [-0.39, 0.29) is 12.0 Å². The molecule has 2 aromatic carbocycles. The molecule has 160 valence electrons. The fourth-order valence-corrected chi connectivity index (χ4v) is 4.81. The van der Waals surface area contributed by atoms with Crippen LogP contribution in [-0.2, 0) is 6.54 Å². The Kier molecular flexibility index (Phi) is 6.87. The van der Waals surface area contributed by atoms with Crippen molar-refractivity contribution in [3.63, 3.8) is 0 Å². The maximum absolute atomic E-state index is 12.6. The molecule has 1 amide bonds. The molecule has 2 aromatic rings. The molecule has 0 N–H and O–H groups in total. The van der Waals surface area contributed by atoms with Gasteiger partial charge in [-0.3, -0.25) is 9.69 Å². The summed E-state index contributed by atoms with van der Waals surface area (Å²) in [6, 6.07) is 13.3. The van der Waals surface area contributed by atoms with E-state index in [2.05, 4.69) is 11.0 Å². The molecular formula is C24H28Cl2N2O2. The van der Waals surface area contributed by atoms with Crippen molar-refractivity contribution in [3.8, 4) is 5.75 Å². The van der Waals surface area contributed by atoms with Crippen molar-refractivity contribution in [1.29, 1.82) is 0 Å². The van der Waals surface area contributed by atoms with E-state index in [9.17, 15) is 4.79 Å². The van der Waals surface area contributed by atoms with Crippen LogP contribution in [0.15, 0.2) is 42.5 Å². The predicted molar refractivity (Wildman–Crippen MR) is 122 cm³/mol. The summed E-state index contributed by atoms with van der Waals surface area (Å²) in [6.07, 6.45) is 4.54. The predicted octanol–water partition coefficient (Wildman–Crippen LogP) is 5.52. The largest absolute Gasteiger partial charge is 0.489 e. The van der Waals surface area contributed by atoms with Gasteiger partial charge in [-0.1, -0.05) is 47.5 Å². The van der Waals surface area contributed by atoms with Gasteiger partial charge >= 0.3 is 0 Å². The van der Waals surface area contributed by atoms with Crippen molar-refractivity contribution in [1.82, 2.24) is 9.80 Å². The molecular weight excluding hydrogens is 419 g/mol. The van der Waals surface area contributed by atoms with Crippen molar-refractivity contribution in [2.75, 3.05) is 26.7 Å². The van der Waals surface area contributed by atoms with Crippen molar-refractivity contribution >= 4 is 29.1 Å². The van der Waals surface area contributed by atoms with Gasteiger partial charge in [0.2, 0.25) is 0 Å². The molecule has 4 rings (SSSR count). The Bertz CT molecular complexity index is 893. The molecule has 0 aromatic heterocycles. The number of nitrogens with zero attached hydrogens (tertiary/aromatic N) is 2. The zero-order valence-electron chi connectivity index (χ0n) is 17.3. The molecule has 0 radical (unpaired) electrons. The highest BCUT2D eigenvalue weighted by molar-refractivity contribution is 6.33. The molecule has 1 aliphatic heterocycles. The van der Waals surface area contributed by atoms with Gasteiger partial charge in [0.15, 0.2) is 0 Å². The second kappa shape index (κ2) is 9.59. The molecule has 0 spiro atoms. The average molecular weight is 447 g/mol. The summed E-state index contributed by atoms with van der Waals surface area (Å²) in [5.74, 6) is 1.16. The Labute approximate surface area is 188 Å². The topological polar surface area (TPSA) is 32.8 Å². The molecule has 30 heavy (non-hydrogen) atoms. The van der Waals surface area contributed by atoms with Crippen LogP contribution in [0.4, 0.5) is 0 Å². The zero-order valence-corrected chi connectivity index (χ0v) is 18.8. The van der Waals surface area contributed by atoms with E-state index in [1.54, 1.807) is 17.0 Å². The molecule has 0 atom stereocenters. The molecule has 6 heteroatoms. The van der Waals surface area contributed by atoms with Gasteiger partial charge < -0.3 is 9.64 Å². The summed E-state index contributed by atoms with van der Waals surface area (Å²) in [5.41, 5.74) is 1.69. The molecule has 1 saturated carbocycles. The SMILES string of the molecule is CN(CC1CC(Oc2cccc(CN3CCCC3)c2Cl)C1)C(=O)c1ccccc1Cl. The van der Waals surface area contributed by atoms with Gasteiger partial charge in [-0.2, -0.15) is 0 Å². The summed E-state index contributed by atoms with van der Waals surface area (Å²) in [4.78, 5) is 16.8. The number of likely N-dealkylation sites (tertiary alicyclic amines) is 1. The number of benzene rings is 2. The average Bonchev–Trinajstić information content (AvgIpc) is 3.22. The van der Waals surface area contributed by atoms with Gasteiger partial charge in [0, 0.05) is 20.1 Å². The van der Waals surface area contributed by atoms with Crippen LogP contribution in [0.1, 0.15) is 41.6 Å². The highest BCUT2D eigenvalue weighted by atomic mass is 35.5. The lowest BCUT2D eigenvalue weighted by atomic mass is 9.82. The number of carbonyl (C=O) groups is 1. The summed E-state index contributed by atoms with van der Waals surface area (Å²) in [7, 11) is 1.83. The third-order valence-corrected chi connectivity index (χ3v) is 6.86. The van der Waals surface area contributed by atoms with Gasteiger partial charge in [-0.25, -0.2) is 0 Å². The van der Waals surface area contributed by atoms with Crippen LogP contribution in [0, 0.1) is 5.92 Å². The lowest BCUT2D eigenvalue weighted by Gasteiger charge is -2.37. The Hall–Kier alpha value is -1.75. The van der Waals surface area contributed by atoms with E-state index < -0.39 is 0 Å². The smallest absolute Gasteiger partial charge is 0.255 e. The van der Waals surface area contributed by atoms with Crippen LogP contribution < -0.4 is 4.74 Å². The Morgan fingerprint density at radius 3 is 2.57 bits per heavy atom. The second-order valence-corrected chi connectivity index (χ2v) is 9.24. The molecule has 1 aliphatic carbocycles. The molecule has 1 saturated heterocycles. The second-order valence-electron chi connectivity index (χ2n) is 8.46. The third kappa shape index (κ3) is 4.93. The van der Waals surface area contributed by atoms with Gasteiger partial charge in [-0.05, 0) is 68.5 Å². The minimum absolute atomic E-state index is 0.0392. The van der Waals surface area contributed by atoms with E-state index in [0.29, 0.717) is 23.0 Å². The number of halogens is 2.